The van der Waals surface area contributed by atoms with Crippen molar-refractivity contribution < 1.29 is 28.2 Å². The molecule has 0 atom stereocenters. The lowest BCUT2D eigenvalue weighted by Gasteiger charge is -2.41. The molecule has 8 nitrogen and oxygen atoms in total. The summed E-state index contributed by atoms with van der Waals surface area (Å²) < 4.78 is 35.1. The number of benzene rings is 2. The van der Waals surface area contributed by atoms with Crippen molar-refractivity contribution in [1.29, 1.82) is 0 Å². The zero-order chi connectivity index (χ0) is 32.5. The van der Waals surface area contributed by atoms with E-state index in [4.69, 9.17) is 16.3 Å². The number of thiophene rings is 1. The topological polar surface area (TPSA) is 95.9 Å². The first kappa shape index (κ1) is 32.6. The number of aromatic nitrogens is 2. The summed E-state index contributed by atoms with van der Waals surface area (Å²) in [6, 6.07) is 7.14. The molecule has 2 aromatic carbocycles. The number of fused-ring (bicyclic) bond motifs is 1. The maximum absolute atomic E-state index is 14.8. The molecule has 12 heteroatoms. The third-order valence-corrected chi connectivity index (χ3v) is 9.77. The summed E-state index contributed by atoms with van der Waals surface area (Å²) in [4.78, 5) is 38.0. The van der Waals surface area contributed by atoms with E-state index in [1.807, 2.05) is 39.0 Å². The number of carbonyl (C=O) groups is 2. The lowest BCUT2D eigenvalue weighted by atomic mass is 9.87. The minimum absolute atomic E-state index is 0.0186. The molecule has 1 aliphatic rings. The van der Waals surface area contributed by atoms with E-state index < -0.39 is 23.6 Å². The maximum Gasteiger partial charge on any atom is 0.407 e. The molecule has 0 unspecified atom stereocenters. The van der Waals surface area contributed by atoms with Gasteiger partial charge in [-0.1, -0.05) is 38.4 Å². The Morgan fingerprint density at radius 3 is 2.20 bits per heavy atom. The SMILES string of the molecule is COc1ccc(-c2cncnc2)cc1CN(C(=O)c1sc2c(F)ccc(F)c2c1Cl)C1CCC(N(CC(C)(C)C)C(=O)O)CC1. The molecule has 0 aliphatic heterocycles. The average Bonchev–Trinajstić information content (AvgIpc) is 3.38. The van der Waals surface area contributed by atoms with Crippen LogP contribution in [0.1, 0.15) is 61.7 Å². The van der Waals surface area contributed by atoms with Crippen LogP contribution in [0.25, 0.3) is 21.2 Å². The molecule has 0 spiro atoms. The Balaban J connectivity index is 1.52. The number of halogens is 3. The summed E-state index contributed by atoms with van der Waals surface area (Å²) in [5.74, 6) is -1.25. The number of nitrogens with zero attached hydrogens (tertiary/aromatic N) is 4. The smallest absolute Gasteiger partial charge is 0.407 e. The first-order chi connectivity index (χ1) is 21.4. The van der Waals surface area contributed by atoms with Gasteiger partial charge in [0.2, 0.25) is 0 Å². The van der Waals surface area contributed by atoms with Crippen molar-refractivity contribution >= 4 is 45.0 Å². The molecule has 238 valence electrons. The highest BCUT2D eigenvalue weighted by molar-refractivity contribution is 7.21. The monoisotopic (exact) mass is 656 g/mol. The Kier molecular flexibility index (Phi) is 9.60. The van der Waals surface area contributed by atoms with Crippen molar-refractivity contribution in [1.82, 2.24) is 19.8 Å². The number of ether oxygens (including phenoxy) is 1. The summed E-state index contributed by atoms with van der Waals surface area (Å²) in [5.41, 5.74) is 2.10. The van der Waals surface area contributed by atoms with Crippen LogP contribution < -0.4 is 4.74 Å². The molecule has 0 radical (unpaired) electrons. The fourth-order valence-corrected chi connectivity index (χ4v) is 7.50. The van der Waals surface area contributed by atoms with Crippen LogP contribution in [0.5, 0.6) is 5.75 Å². The summed E-state index contributed by atoms with van der Waals surface area (Å²) in [6.45, 7) is 6.51. The van der Waals surface area contributed by atoms with E-state index in [0.717, 1.165) is 34.6 Å². The average molecular weight is 657 g/mol. The number of hydrogen-bond acceptors (Lipinski definition) is 6. The van der Waals surface area contributed by atoms with Crippen LogP contribution in [0.3, 0.4) is 0 Å². The highest BCUT2D eigenvalue weighted by atomic mass is 35.5. The van der Waals surface area contributed by atoms with E-state index in [9.17, 15) is 23.5 Å². The van der Waals surface area contributed by atoms with Crippen molar-refractivity contribution in [3.63, 3.8) is 0 Å². The lowest BCUT2D eigenvalue weighted by Crippen LogP contribution is -2.49. The normalized spacial score (nSPS) is 16.9. The van der Waals surface area contributed by atoms with Gasteiger partial charge in [0, 0.05) is 48.7 Å². The van der Waals surface area contributed by atoms with Crippen LogP contribution in [0.2, 0.25) is 5.02 Å². The highest BCUT2D eigenvalue weighted by Crippen LogP contribution is 2.41. The van der Waals surface area contributed by atoms with E-state index in [-0.39, 0.29) is 44.0 Å². The van der Waals surface area contributed by atoms with Gasteiger partial charge >= 0.3 is 6.09 Å². The van der Waals surface area contributed by atoms with Crippen LogP contribution >= 0.6 is 22.9 Å². The molecule has 0 bridgehead atoms. The largest absolute Gasteiger partial charge is 0.496 e. The number of rotatable bonds is 8. The summed E-state index contributed by atoms with van der Waals surface area (Å²) in [5, 5.41) is 9.74. The molecular formula is C33H35ClF2N4O4S. The molecule has 45 heavy (non-hydrogen) atoms. The number of hydrogen-bond donors (Lipinski definition) is 1. The highest BCUT2D eigenvalue weighted by Gasteiger charge is 2.36. The Labute approximate surface area is 269 Å². The van der Waals surface area contributed by atoms with E-state index in [2.05, 4.69) is 9.97 Å². The molecule has 1 fully saturated rings. The fraction of sp³-hybridized carbons (Fsp3) is 0.394. The summed E-state index contributed by atoms with van der Waals surface area (Å²) >= 11 is 7.42. The second-order valence-corrected chi connectivity index (χ2v) is 13.9. The molecule has 0 saturated heterocycles. The maximum atomic E-state index is 14.8. The van der Waals surface area contributed by atoms with Crippen LogP contribution in [0.15, 0.2) is 49.1 Å². The predicted octanol–water partition coefficient (Wildman–Crippen LogP) is 8.28. The third-order valence-electron chi connectivity index (χ3n) is 8.09. The standard InChI is InChI=1S/C33H35ClF2N4O4S/c1-33(2,3)17-40(32(42)43)23-8-6-22(7-9-23)39(31(41)30-28(34)27-24(35)10-11-25(36)29(27)45-30)16-20-13-19(5-12-26(20)44-4)21-14-37-18-38-15-21/h5,10-15,18,22-23H,6-9,16-17H2,1-4H3,(H,42,43). The van der Waals surface area contributed by atoms with Gasteiger partial charge in [-0.25, -0.2) is 23.5 Å². The third kappa shape index (κ3) is 7.04. The van der Waals surface area contributed by atoms with Crippen LogP contribution in [-0.4, -0.2) is 62.6 Å². The molecule has 2 amide bonds. The summed E-state index contributed by atoms with van der Waals surface area (Å²) in [7, 11) is 1.55. The Bertz CT molecular complexity index is 1700. The van der Waals surface area contributed by atoms with Gasteiger partial charge in [0.15, 0.2) is 0 Å². The van der Waals surface area contributed by atoms with Crippen molar-refractivity contribution in [3.05, 3.63) is 76.2 Å². The zero-order valence-electron chi connectivity index (χ0n) is 25.5. The van der Waals surface area contributed by atoms with Gasteiger partial charge in [0.05, 0.1) is 22.2 Å². The second-order valence-electron chi connectivity index (χ2n) is 12.5. The van der Waals surface area contributed by atoms with Gasteiger partial charge < -0.3 is 19.6 Å². The van der Waals surface area contributed by atoms with Crippen molar-refractivity contribution in [2.75, 3.05) is 13.7 Å². The molecule has 4 aromatic rings. The van der Waals surface area contributed by atoms with Gasteiger partial charge in [-0.15, -0.1) is 11.3 Å². The van der Waals surface area contributed by atoms with E-state index in [1.54, 1.807) is 24.4 Å². The molecule has 1 saturated carbocycles. The number of amides is 2. The van der Waals surface area contributed by atoms with Gasteiger partial charge in [-0.05, 0) is 60.9 Å². The van der Waals surface area contributed by atoms with E-state index in [1.165, 1.54) is 11.2 Å². The minimum atomic E-state index is -0.964. The molecule has 2 aromatic heterocycles. The van der Waals surface area contributed by atoms with Crippen LogP contribution in [0, 0.1) is 17.0 Å². The van der Waals surface area contributed by atoms with Gasteiger partial charge in [-0.2, -0.15) is 0 Å². The van der Waals surface area contributed by atoms with Crippen LogP contribution in [0.4, 0.5) is 13.6 Å². The van der Waals surface area contributed by atoms with E-state index >= 15 is 0 Å². The number of carboxylic acid groups (broad SMARTS) is 1. The van der Waals surface area contributed by atoms with Gasteiger partial charge in [-0.3, -0.25) is 4.79 Å². The Morgan fingerprint density at radius 2 is 1.62 bits per heavy atom. The zero-order valence-corrected chi connectivity index (χ0v) is 27.1. The Morgan fingerprint density at radius 1 is 1.00 bits per heavy atom. The number of methoxy groups -OCH3 is 1. The van der Waals surface area contributed by atoms with Crippen LogP contribution in [-0.2, 0) is 6.54 Å². The molecule has 1 N–H and O–H groups in total. The quantitative estimate of drug-likeness (QED) is 0.205. The predicted molar refractivity (Wildman–Crippen MR) is 171 cm³/mol. The Hall–Kier alpha value is -3.83. The fourth-order valence-electron chi connectivity index (χ4n) is 5.99. The van der Waals surface area contributed by atoms with Crippen molar-refractivity contribution in [2.24, 2.45) is 5.41 Å². The molecule has 2 heterocycles. The van der Waals surface area contributed by atoms with Gasteiger partial charge in [0.1, 0.15) is 28.6 Å². The van der Waals surface area contributed by atoms with Crippen molar-refractivity contribution in [2.45, 2.75) is 65.1 Å². The van der Waals surface area contributed by atoms with E-state index in [0.29, 0.717) is 43.5 Å². The second kappa shape index (κ2) is 13.3. The summed E-state index contributed by atoms with van der Waals surface area (Å²) in [6.07, 6.45) is 6.03. The van der Waals surface area contributed by atoms with Crippen molar-refractivity contribution in [3.8, 4) is 16.9 Å². The molecular weight excluding hydrogens is 622 g/mol. The molecule has 1 aliphatic carbocycles. The molecule has 5 rings (SSSR count). The number of carbonyl (C=O) groups excluding carboxylic acids is 1. The first-order valence-corrected chi connectivity index (χ1v) is 15.9. The lowest BCUT2D eigenvalue weighted by molar-refractivity contribution is 0.0492. The first-order valence-electron chi connectivity index (χ1n) is 14.7. The minimum Gasteiger partial charge on any atom is -0.496 e. The van der Waals surface area contributed by atoms with Gasteiger partial charge in [0.25, 0.3) is 5.91 Å².